The lowest BCUT2D eigenvalue weighted by Crippen LogP contribution is -2.10. The summed E-state index contributed by atoms with van der Waals surface area (Å²) in [6.45, 7) is 3.95. The van der Waals surface area contributed by atoms with Crippen molar-refractivity contribution < 1.29 is 0 Å². The maximum Gasteiger partial charge on any atom is 0.0995 e. The van der Waals surface area contributed by atoms with Crippen molar-refractivity contribution in [3.63, 3.8) is 0 Å². The van der Waals surface area contributed by atoms with Crippen molar-refractivity contribution >= 4 is 0 Å². The zero-order valence-electron chi connectivity index (χ0n) is 8.88. The molecule has 0 aliphatic carbocycles. The SMILES string of the molecule is Cc1cncc(-n2cncc2[C@@H](C)N)c1. The van der Waals surface area contributed by atoms with Gasteiger partial charge in [-0.05, 0) is 25.5 Å². The highest BCUT2D eigenvalue weighted by Gasteiger charge is 2.08. The lowest BCUT2D eigenvalue weighted by molar-refractivity contribution is 0.751. The summed E-state index contributed by atoms with van der Waals surface area (Å²) >= 11 is 0. The molecule has 0 amide bonds. The molecule has 0 saturated carbocycles. The van der Waals surface area contributed by atoms with Crippen molar-refractivity contribution in [3.8, 4) is 5.69 Å². The highest BCUT2D eigenvalue weighted by atomic mass is 15.1. The third-order valence-corrected chi connectivity index (χ3v) is 2.27. The van der Waals surface area contributed by atoms with Gasteiger partial charge >= 0.3 is 0 Å². The number of hydrogen-bond acceptors (Lipinski definition) is 3. The lowest BCUT2D eigenvalue weighted by atomic mass is 10.2. The largest absolute Gasteiger partial charge is 0.323 e. The first-order chi connectivity index (χ1) is 7.18. The number of nitrogens with zero attached hydrogens (tertiary/aromatic N) is 3. The molecule has 2 aromatic rings. The highest BCUT2D eigenvalue weighted by Crippen LogP contribution is 2.15. The molecule has 4 nitrogen and oxygen atoms in total. The second kappa shape index (κ2) is 3.82. The molecule has 1 atom stereocenters. The van der Waals surface area contributed by atoms with Crippen molar-refractivity contribution in [1.29, 1.82) is 0 Å². The van der Waals surface area contributed by atoms with Crippen LogP contribution < -0.4 is 5.73 Å². The quantitative estimate of drug-likeness (QED) is 0.804. The Labute approximate surface area is 88.8 Å². The van der Waals surface area contributed by atoms with Gasteiger partial charge in [0.1, 0.15) is 0 Å². The van der Waals surface area contributed by atoms with Crippen LogP contribution in [0.3, 0.4) is 0 Å². The van der Waals surface area contributed by atoms with Crippen LogP contribution in [0, 0.1) is 6.92 Å². The topological polar surface area (TPSA) is 56.7 Å². The summed E-state index contributed by atoms with van der Waals surface area (Å²) in [5, 5.41) is 0. The Kier molecular flexibility index (Phi) is 2.51. The van der Waals surface area contributed by atoms with Crippen LogP contribution in [0.25, 0.3) is 5.69 Å². The summed E-state index contributed by atoms with van der Waals surface area (Å²) in [6.07, 6.45) is 7.18. The van der Waals surface area contributed by atoms with Gasteiger partial charge in [0.05, 0.1) is 30.1 Å². The van der Waals surface area contributed by atoms with Gasteiger partial charge in [-0.25, -0.2) is 4.98 Å². The van der Waals surface area contributed by atoms with Crippen LogP contribution in [0.4, 0.5) is 0 Å². The van der Waals surface area contributed by atoms with Crippen LogP contribution in [0.2, 0.25) is 0 Å². The number of hydrogen-bond donors (Lipinski definition) is 1. The maximum absolute atomic E-state index is 5.85. The van der Waals surface area contributed by atoms with E-state index < -0.39 is 0 Å². The van der Waals surface area contributed by atoms with E-state index in [2.05, 4.69) is 16.0 Å². The molecule has 2 rings (SSSR count). The number of nitrogens with two attached hydrogens (primary N) is 1. The Balaban J connectivity index is 2.49. The van der Waals surface area contributed by atoms with Gasteiger partial charge in [0.25, 0.3) is 0 Å². The Morgan fingerprint density at radius 1 is 1.27 bits per heavy atom. The Bertz CT molecular complexity index is 459. The molecular weight excluding hydrogens is 188 g/mol. The number of pyridine rings is 1. The van der Waals surface area contributed by atoms with E-state index in [-0.39, 0.29) is 6.04 Å². The van der Waals surface area contributed by atoms with Crippen LogP contribution in [0.15, 0.2) is 31.0 Å². The van der Waals surface area contributed by atoms with Crippen molar-refractivity contribution in [2.24, 2.45) is 5.73 Å². The fourth-order valence-corrected chi connectivity index (χ4v) is 1.53. The van der Waals surface area contributed by atoms with Gasteiger partial charge in [0.2, 0.25) is 0 Å². The Morgan fingerprint density at radius 2 is 2.07 bits per heavy atom. The molecule has 78 valence electrons. The molecule has 0 radical (unpaired) electrons. The molecule has 0 aromatic carbocycles. The van der Waals surface area contributed by atoms with Crippen LogP contribution in [-0.2, 0) is 0 Å². The molecule has 2 N–H and O–H groups in total. The van der Waals surface area contributed by atoms with Crippen molar-refractivity contribution in [1.82, 2.24) is 14.5 Å². The molecule has 4 heteroatoms. The van der Waals surface area contributed by atoms with Gasteiger partial charge in [-0.3, -0.25) is 4.98 Å². The van der Waals surface area contributed by atoms with Gasteiger partial charge < -0.3 is 10.3 Å². The molecule has 0 bridgehead atoms. The second-order valence-electron chi connectivity index (χ2n) is 3.70. The summed E-state index contributed by atoms with van der Waals surface area (Å²) in [5.41, 5.74) is 8.96. The van der Waals surface area contributed by atoms with Crippen LogP contribution in [0.1, 0.15) is 24.2 Å². The number of aromatic nitrogens is 3. The maximum atomic E-state index is 5.85. The predicted octanol–water partition coefficient (Wildman–Crippen LogP) is 1.60. The van der Waals surface area contributed by atoms with E-state index >= 15 is 0 Å². The Morgan fingerprint density at radius 3 is 2.73 bits per heavy atom. The summed E-state index contributed by atoms with van der Waals surface area (Å²) < 4.78 is 1.96. The molecule has 0 fully saturated rings. The highest BCUT2D eigenvalue weighted by molar-refractivity contribution is 5.34. The minimum absolute atomic E-state index is 0.0342. The normalized spacial score (nSPS) is 12.7. The number of aryl methyl sites for hydroxylation is 1. The fourth-order valence-electron chi connectivity index (χ4n) is 1.53. The molecule has 0 aliphatic heterocycles. The summed E-state index contributed by atoms with van der Waals surface area (Å²) in [5.74, 6) is 0. The summed E-state index contributed by atoms with van der Waals surface area (Å²) in [7, 11) is 0. The molecule has 0 aliphatic rings. The first-order valence-electron chi connectivity index (χ1n) is 4.88. The molecular formula is C11H14N4. The van der Waals surface area contributed by atoms with Crippen LogP contribution in [-0.4, -0.2) is 14.5 Å². The molecule has 0 spiro atoms. The number of imidazole rings is 1. The van der Waals surface area contributed by atoms with Gasteiger partial charge in [0.15, 0.2) is 0 Å². The van der Waals surface area contributed by atoms with Gasteiger partial charge in [-0.1, -0.05) is 0 Å². The Hall–Kier alpha value is -1.68. The van der Waals surface area contributed by atoms with E-state index in [9.17, 15) is 0 Å². The molecule has 0 saturated heterocycles. The minimum atomic E-state index is -0.0342. The molecule has 2 aromatic heterocycles. The monoisotopic (exact) mass is 202 g/mol. The average Bonchev–Trinajstić information content (AvgIpc) is 2.65. The lowest BCUT2D eigenvalue weighted by Gasteiger charge is -2.10. The van der Waals surface area contributed by atoms with E-state index in [4.69, 9.17) is 5.73 Å². The summed E-state index contributed by atoms with van der Waals surface area (Å²) in [6, 6.07) is 2.02. The van der Waals surface area contributed by atoms with Crippen molar-refractivity contribution in [2.75, 3.05) is 0 Å². The molecule has 15 heavy (non-hydrogen) atoms. The smallest absolute Gasteiger partial charge is 0.0995 e. The third-order valence-electron chi connectivity index (χ3n) is 2.27. The van der Waals surface area contributed by atoms with Crippen molar-refractivity contribution in [3.05, 3.63) is 42.2 Å². The zero-order valence-corrected chi connectivity index (χ0v) is 8.88. The predicted molar refractivity (Wildman–Crippen MR) is 58.7 cm³/mol. The van der Waals surface area contributed by atoms with E-state index in [1.165, 1.54) is 0 Å². The summed E-state index contributed by atoms with van der Waals surface area (Å²) in [4.78, 5) is 8.26. The van der Waals surface area contributed by atoms with E-state index in [1.54, 1.807) is 18.7 Å². The van der Waals surface area contributed by atoms with E-state index in [0.717, 1.165) is 16.9 Å². The van der Waals surface area contributed by atoms with Crippen LogP contribution in [0.5, 0.6) is 0 Å². The standard InChI is InChI=1S/C11H14N4/c1-8-3-10(5-13-4-8)15-7-14-6-11(15)9(2)12/h3-7,9H,12H2,1-2H3/t9-/m1/s1. The minimum Gasteiger partial charge on any atom is -0.323 e. The molecule has 2 heterocycles. The molecule has 0 unspecified atom stereocenters. The van der Waals surface area contributed by atoms with Crippen LogP contribution >= 0.6 is 0 Å². The van der Waals surface area contributed by atoms with Gasteiger partial charge in [-0.2, -0.15) is 0 Å². The van der Waals surface area contributed by atoms with Crippen molar-refractivity contribution in [2.45, 2.75) is 19.9 Å². The first kappa shape index (κ1) is 9.86. The number of rotatable bonds is 2. The average molecular weight is 202 g/mol. The van der Waals surface area contributed by atoms with Gasteiger partial charge in [-0.15, -0.1) is 0 Å². The second-order valence-corrected chi connectivity index (χ2v) is 3.70. The van der Waals surface area contributed by atoms with E-state index in [0.29, 0.717) is 0 Å². The fraction of sp³-hybridized carbons (Fsp3) is 0.273. The zero-order chi connectivity index (χ0) is 10.8. The third kappa shape index (κ3) is 1.89. The van der Waals surface area contributed by atoms with Gasteiger partial charge in [0, 0.05) is 12.2 Å². The first-order valence-corrected chi connectivity index (χ1v) is 4.88. The van der Waals surface area contributed by atoms with E-state index in [1.807, 2.05) is 24.6 Å².